The number of carbonyl (C=O) groups is 2. The van der Waals surface area contributed by atoms with E-state index in [1.165, 1.54) is 19.3 Å². The largest absolute Gasteiger partial charge is 0.480 e. The summed E-state index contributed by atoms with van der Waals surface area (Å²) in [4.78, 5) is 26.4. The summed E-state index contributed by atoms with van der Waals surface area (Å²) < 4.78 is 0. The van der Waals surface area contributed by atoms with E-state index >= 15 is 0 Å². The van der Waals surface area contributed by atoms with E-state index in [1.54, 1.807) is 4.90 Å². The Bertz CT molecular complexity index is 502. The number of amides is 1. The van der Waals surface area contributed by atoms with Crippen LogP contribution in [0, 0.1) is 41.4 Å². The summed E-state index contributed by atoms with van der Waals surface area (Å²) in [7, 11) is 0. The number of nitrogens with zero attached hydrogens (tertiary/aromatic N) is 1. The van der Waals surface area contributed by atoms with Crippen molar-refractivity contribution in [3.63, 3.8) is 0 Å². The van der Waals surface area contributed by atoms with Crippen LogP contribution in [0.4, 0.5) is 0 Å². The molecule has 5 fully saturated rings. The smallest absolute Gasteiger partial charge is 0.326 e. The molecule has 0 aromatic rings. The minimum absolute atomic E-state index is 0.192. The van der Waals surface area contributed by atoms with E-state index in [-0.39, 0.29) is 17.7 Å². The van der Waals surface area contributed by atoms with Crippen molar-refractivity contribution in [2.45, 2.75) is 44.6 Å². The van der Waals surface area contributed by atoms with Crippen LogP contribution < -0.4 is 0 Å². The first-order chi connectivity index (χ1) is 10.2. The number of carboxylic acids is 1. The highest BCUT2D eigenvalue weighted by Crippen LogP contribution is 2.70. The van der Waals surface area contributed by atoms with Gasteiger partial charge in [0.1, 0.15) is 6.04 Å². The lowest BCUT2D eigenvalue weighted by Gasteiger charge is -2.25. The lowest BCUT2D eigenvalue weighted by Crippen LogP contribution is -2.44. The molecule has 4 nitrogen and oxygen atoms in total. The summed E-state index contributed by atoms with van der Waals surface area (Å²) in [5.74, 6) is 3.08. The third-order valence-corrected chi connectivity index (χ3v) is 7.45. The first-order valence-corrected chi connectivity index (χ1v) is 8.70. The summed E-state index contributed by atoms with van der Waals surface area (Å²) in [5, 5.41) is 9.61. The van der Waals surface area contributed by atoms with Gasteiger partial charge in [-0.15, -0.1) is 0 Å². The van der Waals surface area contributed by atoms with Gasteiger partial charge in [-0.3, -0.25) is 4.79 Å². The number of rotatable bonds is 2. The molecule has 0 spiro atoms. The summed E-state index contributed by atoms with van der Waals surface area (Å²) >= 11 is 0. The number of carboxylic acid groups (broad SMARTS) is 1. The second-order valence-corrected chi connectivity index (χ2v) is 8.14. The van der Waals surface area contributed by atoms with Gasteiger partial charge < -0.3 is 10.0 Å². The Labute approximate surface area is 124 Å². The van der Waals surface area contributed by atoms with Crippen LogP contribution in [-0.4, -0.2) is 34.5 Å². The second kappa shape index (κ2) is 4.02. The van der Waals surface area contributed by atoms with Gasteiger partial charge in [-0.25, -0.2) is 4.79 Å². The molecule has 1 aliphatic heterocycles. The van der Waals surface area contributed by atoms with Gasteiger partial charge in [-0.05, 0) is 67.6 Å². The minimum Gasteiger partial charge on any atom is -0.480 e. The first-order valence-electron chi connectivity index (χ1n) is 8.70. The Kier molecular flexibility index (Phi) is 2.39. The summed E-state index contributed by atoms with van der Waals surface area (Å²) in [6, 6.07) is -0.524. The number of aliphatic carboxylic acids is 1. The lowest BCUT2D eigenvalue weighted by molar-refractivity contribution is -0.150. The van der Waals surface area contributed by atoms with Crippen molar-refractivity contribution in [3.8, 4) is 0 Å². The minimum atomic E-state index is -0.772. The van der Waals surface area contributed by atoms with Crippen molar-refractivity contribution in [2.24, 2.45) is 41.4 Å². The molecule has 7 atom stereocenters. The maximum atomic E-state index is 12.9. The molecule has 1 saturated heterocycles. The standard InChI is InChI=1S/C17H23NO3/c19-16(14-12-8-4-5-9(6-8)13(12)14)18-7-10-2-1-3-11(10)15(18)17(20)21/h8-15H,1-7H2,(H,20,21). The van der Waals surface area contributed by atoms with E-state index in [9.17, 15) is 14.7 Å². The number of likely N-dealkylation sites (tertiary alicyclic amines) is 1. The fraction of sp³-hybridized carbons (Fsp3) is 0.882. The van der Waals surface area contributed by atoms with Crippen molar-refractivity contribution in [3.05, 3.63) is 0 Å². The molecule has 2 bridgehead atoms. The summed E-state index contributed by atoms with van der Waals surface area (Å²) in [6.07, 6.45) is 7.20. The molecule has 21 heavy (non-hydrogen) atoms. The maximum absolute atomic E-state index is 12.9. The average Bonchev–Trinajstić information content (AvgIpc) is 2.89. The van der Waals surface area contributed by atoms with Crippen LogP contribution in [0.25, 0.3) is 0 Å². The van der Waals surface area contributed by atoms with Crippen LogP contribution in [0.3, 0.4) is 0 Å². The molecule has 1 heterocycles. The van der Waals surface area contributed by atoms with Gasteiger partial charge in [0, 0.05) is 12.5 Å². The predicted molar refractivity (Wildman–Crippen MR) is 75.3 cm³/mol. The van der Waals surface area contributed by atoms with Crippen LogP contribution in [0.1, 0.15) is 38.5 Å². The molecule has 7 unspecified atom stereocenters. The molecule has 1 N–H and O–H groups in total. The second-order valence-electron chi connectivity index (χ2n) is 8.14. The highest BCUT2D eigenvalue weighted by atomic mass is 16.4. The number of fused-ring (bicyclic) bond motifs is 6. The van der Waals surface area contributed by atoms with E-state index in [0.717, 1.165) is 31.1 Å². The first kappa shape index (κ1) is 12.5. The summed E-state index contributed by atoms with van der Waals surface area (Å²) in [5.41, 5.74) is 0. The zero-order chi connectivity index (χ0) is 14.3. The van der Waals surface area contributed by atoms with Gasteiger partial charge in [0.05, 0.1) is 0 Å². The van der Waals surface area contributed by atoms with E-state index in [2.05, 4.69) is 0 Å². The van der Waals surface area contributed by atoms with Crippen molar-refractivity contribution in [1.82, 2.24) is 4.90 Å². The van der Waals surface area contributed by atoms with Gasteiger partial charge >= 0.3 is 5.97 Å². The number of hydrogen-bond donors (Lipinski definition) is 1. The Morgan fingerprint density at radius 3 is 2.33 bits per heavy atom. The summed E-state index contributed by atoms with van der Waals surface area (Å²) in [6.45, 7) is 0.714. The SMILES string of the molecule is O=C(O)C1C2CCCC2CN1C(=O)C1C2C3CCC(C3)C12. The van der Waals surface area contributed by atoms with Crippen molar-refractivity contribution >= 4 is 11.9 Å². The van der Waals surface area contributed by atoms with Crippen LogP contribution in [-0.2, 0) is 9.59 Å². The zero-order valence-electron chi connectivity index (χ0n) is 12.3. The molecule has 4 heteroatoms. The van der Waals surface area contributed by atoms with E-state index in [4.69, 9.17) is 0 Å². The normalized spacial score (nSPS) is 52.9. The topological polar surface area (TPSA) is 57.6 Å². The fourth-order valence-electron chi connectivity index (χ4n) is 6.70. The van der Waals surface area contributed by atoms with E-state index < -0.39 is 12.0 Å². The third kappa shape index (κ3) is 1.51. The quantitative estimate of drug-likeness (QED) is 0.846. The van der Waals surface area contributed by atoms with Crippen LogP contribution >= 0.6 is 0 Å². The van der Waals surface area contributed by atoms with Gasteiger partial charge in [0.2, 0.25) is 5.91 Å². The molecule has 0 aromatic heterocycles. The molecule has 4 saturated carbocycles. The molecule has 114 valence electrons. The Morgan fingerprint density at radius 1 is 0.952 bits per heavy atom. The van der Waals surface area contributed by atoms with Crippen molar-refractivity contribution in [1.29, 1.82) is 0 Å². The van der Waals surface area contributed by atoms with Gasteiger partial charge in [-0.2, -0.15) is 0 Å². The van der Waals surface area contributed by atoms with Gasteiger partial charge in [0.15, 0.2) is 0 Å². The molecule has 1 amide bonds. The Morgan fingerprint density at radius 2 is 1.67 bits per heavy atom. The molecular weight excluding hydrogens is 266 g/mol. The zero-order valence-corrected chi connectivity index (χ0v) is 12.3. The van der Waals surface area contributed by atoms with Gasteiger partial charge in [0.25, 0.3) is 0 Å². The molecular formula is C17H23NO3. The lowest BCUT2D eigenvalue weighted by atomic mass is 9.94. The highest BCUT2D eigenvalue weighted by Gasteiger charge is 2.69. The molecule has 0 radical (unpaired) electrons. The van der Waals surface area contributed by atoms with Crippen molar-refractivity contribution in [2.75, 3.05) is 6.54 Å². The fourth-order valence-corrected chi connectivity index (χ4v) is 6.70. The van der Waals surface area contributed by atoms with Crippen LogP contribution in [0.2, 0.25) is 0 Å². The average molecular weight is 289 g/mol. The van der Waals surface area contributed by atoms with Crippen molar-refractivity contribution < 1.29 is 14.7 Å². The third-order valence-electron chi connectivity index (χ3n) is 7.45. The van der Waals surface area contributed by atoms with Crippen LogP contribution in [0.15, 0.2) is 0 Å². The van der Waals surface area contributed by atoms with Gasteiger partial charge in [-0.1, -0.05) is 6.42 Å². The van der Waals surface area contributed by atoms with Crippen LogP contribution in [0.5, 0.6) is 0 Å². The predicted octanol–water partition coefficient (Wildman–Crippen LogP) is 1.99. The Balaban J connectivity index is 1.38. The number of carbonyl (C=O) groups excluding carboxylic acids is 1. The Hall–Kier alpha value is -1.06. The molecule has 5 aliphatic rings. The van der Waals surface area contributed by atoms with E-state index in [0.29, 0.717) is 24.3 Å². The van der Waals surface area contributed by atoms with E-state index in [1.807, 2.05) is 0 Å². The maximum Gasteiger partial charge on any atom is 0.326 e. The molecule has 0 aromatic carbocycles. The number of hydrogen-bond acceptors (Lipinski definition) is 2. The molecule has 5 rings (SSSR count). The monoisotopic (exact) mass is 289 g/mol. The molecule has 4 aliphatic carbocycles. The highest BCUT2D eigenvalue weighted by molar-refractivity contribution is 5.88.